The molecule has 0 bridgehead atoms. The van der Waals surface area contributed by atoms with Gasteiger partial charge < -0.3 is 42.9 Å². The third kappa shape index (κ3) is 8.60. The minimum Gasteiger partial charge on any atom is -0.436 e. The van der Waals surface area contributed by atoms with E-state index in [1.165, 1.54) is 0 Å². The summed E-state index contributed by atoms with van der Waals surface area (Å²) in [7, 11) is -7.80. The van der Waals surface area contributed by atoms with Crippen LogP contribution in [0.2, 0.25) is 40.0 Å². The first-order valence-electron chi connectivity index (χ1n) is 15.3. The highest BCUT2D eigenvalue weighted by molar-refractivity contribution is 7.00. The molecule has 43 heavy (non-hydrogen) atoms. The van der Waals surface area contributed by atoms with E-state index in [1.54, 1.807) is 10.9 Å². The van der Waals surface area contributed by atoms with Crippen molar-refractivity contribution < 1.29 is 42.9 Å². The van der Waals surface area contributed by atoms with Gasteiger partial charge in [-0.1, -0.05) is 52.3 Å². The van der Waals surface area contributed by atoms with Crippen LogP contribution in [0.3, 0.4) is 0 Å². The maximum absolute atomic E-state index is 11.2. The van der Waals surface area contributed by atoms with Crippen molar-refractivity contribution in [3.63, 3.8) is 0 Å². The Morgan fingerprint density at radius 1 is 1.19 bits per heavy atom. The molecule has 0 aromatic carbocycles. The van der Waals surface area contributed by atoms with Gasteiger partial charge in [-0.3, -0.25) is 4.68 Å². The van der Waals surface area contributed by atoms with Crippen LogP contribution < -0.4 is 0 Å². The molecule has 3 rings (SSSR count). The van der Waals surface area contributed by atoms with E-state index in [1.807, 2.05) is 6.92 Å². The van der Waals surface area contributed by atoms with E-state index >= 15 is 0 Å². The summed E-state index contributed by atoms with van der Waals surface area (Å²) in [5.74, 6) is 0. The number of nitrogens with zero attached hydrogens (tertiary/aromatic N) is 3. The quantitative estimate of drug-likeness (QED) is 0.145. The number of aliphatic hydroxyl groups excluding tert-OH is 4. The second-order valence-electron chi connectivity index (χ2n) is 13.1. The Kier molecular flexibility index (Phi) is 13.1. The van der Waals surface area contributed by atoms with Gasteiger partial charge in [0.1, 0.15) is 30.1 Å². The van der Waals surface area contributed by atoms with E-state index in [0.717, 1.165) is 24.1 Å². The lowest BCUT2D eigenvalue weighted by molar-refractivity contribution is -0.304. The number of ether oxygens (including phenoxy) is 2. The Bertz CT molecular complexity index is 1050. The van der Waals surface area contributed by atoms with Crippen LogP contribution in [-0.2, 0) is 30.9 Å². The lowest BCUT2D eigenvalue weighted by atomic mass is 9.99. The summed E-state index contributed by atoms with van der Waals surface area (Å²) in [6.45, 7) is 21.9. The van der Waals surface area contributed by atoms with Gasteiger partial charge in [0.2, 0.25) is 18.1 Å². The Hall–Kier alpha value is -0.612. The van der Waals surface area contributed by atoms with Crippen LogP contribution in [0.4, 0.5) is 0 Å². The first kappa shape index (κ1) is 36.9. The molecular formula is C27H53N3O9Si4. The number of aromatic nitrogens is 3. The molecule has 2 saturated heterocycles. The molecule has 1 aromatic heterocycles. The van der Waals surface area contributed by atoms with E-state index in [2.05, 4.69) is 65.0 Å². The van der Waals surface area contributed by atoms with E-state index in [4.69, 9.17) is 17.7 Å². The van der Waals surface area contributed by atoms with Crippen molar-refractivity contribution in [3.05, 3.63) is 24.0 Å². The van der Waals surface area contributed by atoms with Gasteiger partial charge >= 0.3 is 8.56 Å². The van der Waals surface area contributed by atoms with Crippen molar-refractivity contribution in [2.75, 3.05) is 6.61 Å². The van der Waals surface area contributed by atoms with Gasteiger partial charge in [0.25, 0.3) is 0 Å². The molecule has 9 unspecified atom stereocenters. The summed E-state index contributed by atoms with van der Waals surface area (Å²) in [5, 5.41) is 48.5. The summed E-state index contributed by atoms with van der Waals surface area (Å²) < 4.78 is 27.2. The van der Waals surface area contributed by atoms with Crippen LogP contribution in [0.25, 0.3) is 0 Å². The van der Waals surface area contributed by atoms with Crippen molar-refractivity contribution in [1.29, 1.82) is 0 Å². The molecule has 1 aromatic rings. The standard InChI is InChI=1S/C27H53N3O9Si4/c1-17(2)16-43(38-41(20(7)40(35)18(3)4)21(8)42(9,39-43)19(5)6)12-10-11-30-13-22(28-29-30)15-36-27-26(34)25(33)24(32)23(14-31)37-27/h13,18-21,23-27,31-35H,1,10-12,14-16H2,2-9H3. The Morgan fingerprint density at radius 3 is 2.44 bits per heavy atom. The summed E-state index contributed by atoms with van der Waals surface area (Å²) in [6.07, 6.45) is -4.16. The SMILES string of the molecule is C=C(C)C[Si]1(CCCn2cc(COC3OC(CO)C(O)C(O)C3O)nn2)O[Si](C(C)[Si](O)C(C)C)C(C)[Si](C)(C(C)C)O1. The van der Waals surface area contributed by atoms with E-state index in [9.17, 15) is 25.2 Å². The molecule has 0 aliphatic carbocycles. The molecule has 3 heterocycles. The van der Waals surface area contributed by atoms with Crippen LogP contribution >= 0.6 is 0 Å². The van der Waals surface area contributed by atoms with Gasteiger partial charge in [-0.2, -0.15) is 0 Å². The Labute approximate surface area is 261 Å². The van der Waals surface area contributed by atoms with Crippen molar-refractivity contribution in [2.45, 2.75) is 139 Å². The second-order valence-corrected chi connectivity index (χ2v) is 28.4. The van der Waals surface area contributed by atoms with E-state index in [0.29, 0.717) is 22.9 Å². The lowest BCUT2D eigenvalue weighted by Gasteiger charge is -2.54. The summed E-state index contributed by atoms with van der Waals surface area (Å²) in [5.41, 5.74) is 2.24. The minimum absolute atomic E-state index is 0.0375. The summed E-state index contributed by atoms with van der Waals surface area (Å²) >= 11 is 0. The predicted molar refractivity (Wildman–Crippen MR) is 170 cm³/mol. The molecule has 246 valence electrons. The highest BCUT2D eigenvalue weighted by atomic mass is 28.5. The molecule has 9 atom stereocenters. The minimum atomic E-state index is -2.69. The first-order chi connectivity index (χ1) is 20.0. The van der Waals surface area contributed by atoms with Gasteiger partial charge in [0.15, 0.2) is 14.6 Å². The maximum atomic E-state index is 11.2. The molecule has 2 radical (unpaired) electrons. The topological polar surface area (TPSA) is 169 Å². The molecule has 2 aliphatic heterocycles. The zero-order chi connectivity index (χ0) is 32.3. The van der Waals surface area contributed by atoms with Gasteiger partial charge in [-0.25, -0.2) is 0 Å². The van der Waals surface area contributed by atoms with E-state index in [-0.39, 0.29) is 17.3 Å². The van der Waals surface area contributed by atoms with Crippen molar-refractivity contribution in [3.8, 4) is 0 Å². The van der Waals surface area contributed by atoms with Crippen LogP contribution in [-0.4, -0.2) is 112 Å². The van der Waals surface area contributed by atoms with Gasteiger partial charge in [0, 0.05) is 12.6 Å². The van der Waals surface area contributed by atoms with Gasteiger partial charge in [0.05, 0.1) is 19.4 Å². The molecular weight excluding hydrogens is 623 g/mol. The summed E-state index contributed by atoms with van der Waals surface area (Å²) in [4.78, 5) is 11.2. The zero-order valence-corrected chi connectivity index (χ0v) is 30.9. The van der Waals surface area contributed by atoms with Gasteiger partial charge in [-0.05, 0) is 47.3 Å². The van der Waals surface area contributed by atoms with Gasteiger partial charge in [-0.15, -0.1) is 11.7 Å². The number of hydrogen-bond donors (Lipinski definition) is 5. The lowest BCUT2D eigenvalue weighted by Crippen LogP contribution is -2.67. The first-order valence-corrected chi connectivity index (χ1v) is 23.3. The van der Waals surface area contributed by atoms with Crippen LogP contribution in [0, 0.1) is 0 Å². The average Bonchev–Trinajstić information content (AvgIpc) is 3.39. The zero-order valence-electron chi connectivity index (χ0n) is 26.9. The van der Waals surface area contributed by atoms with Crippen molar-refractivity contribution >= 4 is 35.0 Å². The third-order valence-electron chi connectivity index (χ3n) is 8.95. The molecule has 2 aliphatic rings. The number of aryl methyl sites for hydroxylation is 1. The molecule has 0 spiro atoms. The number of rotatable bonds is 14. The summed E-state index contributed by atoms with van der Waals surface area (Å²) in [6, 6.07) is 1.52. The highest BCUT2D eigenvalue weighted by Crippen LogP contribution is 2.48. The van der Waals surface area contributed by atoms with Crippen LogP contribution in [0.5, 0.6) is 0 Å². The van der Waals surface area contributed by atoms with E-state index < -0.39 is 72.3 Å². The molecule has 16 heteroatoms. The van der Waals surface area contributed by atoms with Crippen LogP contribution in [0.1, 0.15) is 60.6 Å². The molecule has 0 saturated carbocycles. The number of allylic oxidation sites excluding steroid dienone is 1. The normalized spacial score (nSPS) is 34.8. The molecule has 0 amide bonds. The Balaban J connectivity index is 1.69. The second kappa shape index (κ2) is 15.3. The number of hydrogen-bond acceptors (Lipinski definition) is 11. The number of aliphatic hydroxyl groups is 4. The molecule has 2 fully saturated rings. The largest absolute Gasteiger partial charge is 0.436 e. The molecule has 5 N–H and O–H groups in total. The fourth-order valence-electron chi connectivity index (χ4n) is 5.94. The smallest absolute Gasteiger partial charge is 0.321 e. The Morgan fingerprint density at radius 2 is 1.86 bits per heavy atom. The fourth-order valence-corrected chi connectivity index (χ4v) is 29.4. The third-order valence-corrected chi connectivity index (χ3v) is 29.0. The highest BCUT2D eigenvalue weighted by Gasteiger charge is 2.59. The fraction of sp³-hybridized carbons (Fsp3) is 0.852. The molecule has 12 nitrogen and oxygen atoms in total. The average molecular weight is 676 g/mol. The maximum Gasteiger partial charge on any atom is 0.321 e. The van der Waals surface area contributed by atoms with Crippen molar-refractivity contribution in [2.24, 2.45) is 0 Å². The van der Waals surface area contributed by atoms with Crippen LogP contribution in [0.15, 0.2) is 18.3 Å². The van der Waals surface area contributed by atoms with Crippen molar-refractivity contribution in [1.82, 2.24) is 15.0 Å². The predicted octanol–water partition coefficient (Wildman–Crippen LogP) is 2.28. The monoisotopic (exact) mass is 675 g/mol.